The molecule has 0 atom stereocenters. The van der Waals surface area contributed by atoms with Crippen LogP contribution in [0.3, 0.4) is 0 Å². The number of nitrogens with zero attached hydrogens (tertiary/aromatic N) is 2. The lowest BCUT2D eigenvalue weighted by molar-refractivity contribution is -0.392. The molecule has 0 amide bonds. The zero-order valence-electron chi connectivity index (χ0n) is 13.1. The minimum absolute atomic E-state index is 0.0894. The normalized spacial score (nSPS) is 12.0. The maximum atomic E-state index is 13.1. The van der Waals surface area contributed by atoms with Gasteiger partial charge in [-0.05, 0) is 12.1 Å². The van der Waals surface area contributed by atoms with Crippen LogP contribution < -0.4 is 5.32 Å². The summed E-state index contributed by atoms with van der Waals surface area (Å²) in [6.45, 7) is 0. The third-order valence-corrected chi connectivity index (χ3v) is 3.78. The third kappa shape index (κ3) is 4.08. The molecule has 28 heavy (non-hydrogen) atoms. The molecule has 2 aromatic carbocycles. The van der Waals surface area contributed by atoms with E-state index in [0.29, 0.717) is 6.07 Å². The monoisotopic (exact) mass is 429 g/mol. The average molecular weight is 430 g/mol. The number of nitrogens with one attached hydrogen (secondary N) is 1. The number of hydrogen-bond donors (Lipinski definition) is 1. The Kier molecular flexibility index (Phi) is 5.41. The number of rotatable bonds is 4. The number of hydrogen-bond acceptors (Lipinski definition) is 5. The molecule has 0 saturated heterocycles. The highest BCUT2D eigenvalue weighted by atomic mass is 35.5. The fourth-order valence-electron chi connectivity index (χ4n) is 2.25. The molecule has 1 N–H and O–H groups in total. The van der Waals surface area contributed by atoms with Crippen molar-refractivity contribution in [1.29, 1.82) is 0 Å². The van der Waals surface area contributed by atoms with Crippen molar-refractivity contribution in [1.82, 2.24) is 0 Å². The molecular formula is C14H6ClF6N3O4. The van der Waals surface area contributed by atoms with E-state index in [4.69, 9.17) is 11.6 Å². The summed E-state index contributed by atoms with van der Waals surface area (Å²) in [6.07, 6.45) is -10.2. The quantitative estimate of drug-likeness (QED) is 0.368. The first kappa shape index (κ1) is 21.2. The second kappa shape index (κ2) is 7.14. The van der Waals surface area contributed by atoms with Crippen molar-refractivity contribution in [2.75, 3.05) is 5.32 Å². The topological polar surface area (TPSA) is 98.3 Å². The Morgan fingerprint density at radius 1 is 0.893 bits per heavy atom. The highest BCUT2D eigenvalue weighted by molar-refractivity contribution is 6.34. The Balaban J connectivity index is 2.83. The lowest BCUT2D eigenvalue weighted by atomic mass is 10.1. The molecule has 0 saturated carbocycles. The van der Waals surface area contributed by atoms with Crippen LogP contribution in [0.1, 0.15) is 11.1 Å². The van der Waals surface area contributed by atoms with Crippen LogP contribution in [0.15, 0.2) is 30.3 Å². The second-order valence-electron chi connectivity index (χ2n) is 5.16. The largest absolute Gasteiger partial charge is 0.418 e. The first-order valence-corrected chi connectivity index (χ1v) is 7.28. The van der Waals surface area contributed by atoms with Crippen molar-refractivity contribution in [3.63, 3.8) is 0 Å². The molecule has 0 aliphatic carbocycles. The maximum absolute atomic E-state index is 13.1. The summed E-state index contributed by atoms with van der Waals surface area (Å²) in [5.41, 5.74) is -8.35. The van der Waals surface area contributed by atoms with E-state index in [1.54, 1.807) is 0 Å². The van der Waals surface area contributed by atoms with E-state index in [-0.39, 0.29) is 6.07 Å². The molecule has 0 aliphatic rings. The van der Waals surface area contributed by atoms with E-state index < -0.39 is 61.1 Å². The number of para-hydroxylation sites is 1. The van der Waals surface area contributed by atoms with E-state index >= 15 is 0 Å². The van der Waals surface area contributed by atoms with Gasteiger partial charge in [0.2, 0.25) is 0 Å². The minimum Gasteiger partial charge on any atom is -0.344 e. The van der Waals surface area contributed by atoms with Crippen molar-refractivity contribution < 1.29 is 36.2 Å². The molecule has 0 spiro atoms. The summed E-state index contributed by atoms with van der Waals surface area (Å²) in [7, 11) is 0. The van der Waals surface area contributed by atoms with E-state index in [2.05, 4.69) is 0 Å². The van der Waals surface area contributed by atoms with Gasteiger partial charge in [-0.25, -0.2) is 0 Å². The van der Waals surface area contributed by atoms with Crippen molar-refractivity contribution in [2.45, 2.75) is 12.4 Å². The highest BCUT2D eigenvalue weighted by Gasteiger charge is 2.42. The third-order valence-electron chi connectivity index (χ3n) is 3.40. The molecule has 2 rings (SSSR count). The van der Waals surface area contributed by atoms with Crippen molar-refractivity contribution in [3.8, 4) is 0 Å². The predicted molar refractivity (Wildman–Crippen MR) is 84.5 cm³/mol. The molecule has 2 aromatic rings. The molecular weight excluding hydrogens is 424 g/mol. The summed E-state index contributed by atoms with van der Waals surface area (Å²) >= 11 is 5.42. The summed E-state index contributed by atoms with van der Waals surface area (Å²) in [5.74, 6) is 0. The average Bonchev–Trinajstić information content (AvgIpc) is 2.52. The van der Waals surface area contributed by atoms with Crippen LogP contribution in [-0.4, -0.2) is 9.85 Å². The number of nitro groups is 2. The standard InChI is InChI=1S/C14H6ClF6N3O4/c15-10-7(14(19,20)21)5-9(23(25)26)11(12(10)24(27)28)22-8-4-2-1-3-6(8)13(16,17)18/h1-5,22H. The lowest BCUT2D eigenvalue weighted by Crippen LogP contribution is -2.13. The van der Waals surface area contributed by atoms with Crippen molar-refractivity contribution in [2.24, 2.45) is 0 Å². The lowest BCUT2D eigenvalue weighted by Gasteiger charge is -2.16. The van der Waals surface area contributed by atoms with Crippen LogP contribution in [0.5, 0.6) is 0 Å². The van der Waals surface area contributed by atoms with Crippen LogP contribution in [0, 0.1) is 20.2 Å². The van der Waals surface area contributed by atoms with Gasteiger partial charge in [0.25, 0.3) is 0 Å². The molecule has 0 aliphatic heterocycles. The van der Waals surface area contributed by atoms with Gasteiger partial charge >= 0.3 is 23.7 Å². The van der Waals surface area contributed by atoms with Gasteiger partial charge < -0.3 is 5.32 Å². The first-order chi connectivity index (χ1) is 12.7. The van der Waals surface area contributed by atoms with Crippen molar-refractivity contribution in [3.05, 3.63) is 66.7 Å². The van der Waals surface area contributed by atoms with Gasteiger partial charge in [0, 0.05) is 6.07 Å². The SMILES string of the molecule is O=[N+]([O-])c1cc(C(F)(F)F)c(Cl)c([N+](=O)[O-])c1Nc1ccccc1C(F)(F)F. The smallest absolute Gasteiger partial charge is 0.344 e. The second-order valence-corrected chi connectivity index (χ2v) is 5.54. The number of benzene rings is 2. The number of anilines is 2. The van der Waals surface area contributed by atoms with E-state index in [9.17, 15) is 46.6 Å². The Morgan fingerprint density at radius 3 is 1.89 bits per heavy atom. The van der Waals surface area contributed by atoms with Gasteiger partial charge in [-0.1, -0.05) is 23.7 Å². The zero-order valence-corrected chi connectivity index (χ0v) is 13.8. The molecule has 7 nitrogen and oxygen atoms in total. The highest BCUT2D eigenvalue weighted by Crippen LogP contribution is 2.49. The predicted octanol–water partition coefficient (Wildman–Crippen LogP) is 5.94. The molecule has 0 unspecified atom stereocenters. The molecule has 0 aromatic heterocycles. The van der Waals surface area contributed by atoms with Gasteiger partial charge in [0.15, 0.2) is 5.69 Å². The van der Waals surface area contributed by atoms with Crippen LogP contribution in [0.4, 0.5) is 49.1 Å². The van der Waals surface area contributed by atoms with Gasteiger partial charge in [-0.15, -0.1) is 0 Å². The van der Waals surface area contributed by atoms with Crippen LogP contribution in [0.25, 0.3) is 0 Å². The summed E-state index contributed by atoms with van der Waals surface area (Å²) in [4.78, 5) is 19.5. The van der Waals surface area contributed by atoms with Crippen LogP contribution in [0.2, 0.25) is 5.02 Å². The number of nitro benzene ring substituents is 2. The van der Waals surface area contributed by atoms with Crippen LogP contribution >= 0.6 is 11.6 Å². The van der Waals surface area contributed by atoms with Crippen molar-refractivity contribution >= 4 is 34.4 Å². The fourth-order valence-corrected chi connectivity index (χ4v) is 2.57. The first-order valence-electron chi connectivity index (χ1n) is 6.91. The zero-order chi connectivity index (χ0) is 21.4. The molecule has 0 heterocycles. The number of halogens is 7. The summed E-state index contributed by atoms with van der Waals surface area (Å²) < 4.78 is 78.3. The number of alkyl halides is 6. The molecule has 150 valence electrons. The van der Waals surface area contributed by atoms with Gasteiger partial charge in [0.1, 0.15) is 5.02 Å². The minimum atomic E-state index is -5.28. The Hall–Kier alpha value is -3.09. The van der Waals surface area contributed by atoms with E-state index in [1.165, 1.54) is 0 Å². The Morgan fingerprint density at radius 2 is 1.43 bits per heavy atom. The van der Waals surface area contributed by atoms with E-state index in [0.717, 1.165) is 18.2 Å². The maximum Gasteiger partial charge on any atom is 0.418 e. The van der Waals surface area contributed by atoms with Gasteiger partial charge in [-0.2, -0.15) is 26.3 Å². The summed E-state index contributed by atoms with van der Waals surface area (Å²) in [5, 5.41) is 22.7. The van der Waals surface area contributed by atoms with Gasteiger partial charge in [-0.3, -0.25) is 20.2 Å². The Labute approximate surface area is 155 Å². The molecule has 0 fully saturated rings. The van der Waals surface area contributed by atoms with Gasteiger partial charge in [0.05, 0.1) is 26.7 Å². The fraction of sp³-hybridized carbons (Fsp3) is 0.143. The molecule has 0 bridgehead atoms. The van der Waals surface area contributed by atoms with E-state index in [1.807, 2.05) is 5.32 Å². The Bertz CT molecular complexity index is 961. The molecule has 0 radical (unpaired) electrons. The van der Waals surface area contributed by atoms with Crippen LogP contribution in [-0.2, 0) is 12.4 Å². The summed E-state index contributed by atoms with van der Waals surface area (Å²) in [6, 6.07) is 3.35. The molecule has 14 heteroatoms.